The molecule has 0 amide bonds. The zero-order chi connectivity index (χ0) is 78.7. The summed E-state index contributed by atoms with van der Waals surface area (Å²) in [7, 11) is 0. The molecule has 0 unspecified atom stereocenters. The molecule has 0 radical (unpaired) electrons. The second-order valence-corrected chi connectivity index (χ2v) is 29.2. The zero-order valence-corrected chi connectivity index (χ0v) is 63.6. The summed E-state index contributed by atoms with van der Waals surface area (Å²) < 4.78 is 16.1. The van der Waals surface area contributed by atoms with E-state index in [2.05, 4.69) is 237 Å². The van der Waals surface area contributed by atoms with E-state index in [0.29, 0.717) is 28.8 Å². The van der Waals surface area contributed by atoms with Gasteiger partial charge in [0.05, 0.1) is 44.5 Å². The summed E-state index contributed by atoms with van der Waals surface area (Å²) >= 11 is 0. The maximum absolute atomic E-state index is 6.94. The molecule has 119 heavy (non-hydrogen) atoms. The molecule has 14 heteroatoms. The van der Waals surface area contributed by atoms with Crippen LogP contribution in [0, 0.1) is 0 Å². The molecule has 0 aliphatic heterocycles. The molecule has 0 aliphatic carbocycles. The lowest BCUT2D eigenvalue weighted by atomic mass is 9.94. The number of nitrogens with zero attached hydrogens (tertiary/aromatic N) is 12. The molecular formula is C105H64N12O2. The van der Waals surface area contributed by atoms with Crippen molar-refractivity contribution in [1.82, 2.24) is 59.4 Å². The van der Waals surface area contributed by atoms with E-state index in [-0.39, 0.29) is 0 Å². The van der Waals surface area contributed by atoms with Gasteiger partial charge in [0.15, 0.2) is 28.6 Å². The highest BCUT2D eigenvalue weighted by atomic mass is 16.3. The van der Waals surface area contributed by atoms with Crippen LogP contribution in [0.5, 0.6) is 0 Å². The fourth-order valence-corrected chi connectivity index (χ4v) is 16.5. The Hall–Kier alpha value is -16.5. The van der Waals surface area contributed by atoms with Gasteiger partial charge in [-0.1, -0.05) is 237 Å². The molecule has 0 fully saturated rings. The van der Waals surface area contributed by atoms with Crippen LogP contribution in [0.2, 0.25) is 0 Å². The van der Waals surface area contributed by atoms with Crippen LogP contribution in [-0.4, -0.2) is 59.4 Å². The molecule has 0 saturated carbocycles. The zero-order valence-electron chi connectivity index (χ0n) is 63.6. The van der Waals surface area contributed by atoms with E-state index in [1.807, 2.05) is 152 Å². The first-order valence-electron chi connectivity index (χ1n) is 39.3. The number of hydrogen-bond donors (Lipinski definition) is 0. The summed E-state index contributed by atoms with van der Waals surface area (Å²) in [5, 5.41) is 8.41. The van der Waals surface area contributed by atoms with Crippen molar-refractivity contribution in [2.75, 3.05) is 0 Å². The van der Waals surface area contributed by atoms with Crippen LogP contribution < -0.4 is 0 Å². The molecule has 12 aromatic heterocycles. The largest absolute Gasteiger partial charge is 0.453 e. The van der Waals surface area contributed by atoms with Crippen molar-refractivity contribution in [2.24, 2.45) is 0 Å². The number of furan rings is 2. The Labute approximate surface area is 681 Å². The Balaban J connectivity index is 0.000000149. The third kappa shape index (κ3) is 12.6. The number of pyridine rings is 8. The first kappa shape index (κ1) is 69.3. The van der Waals surface area contributed by atoms with Gasteiger partial charge in [0.2, 0.25) is 0 Å². The Bertz CT molecular complexity index is 7760. The van der Waals surface area contributed by atoms with Crippen LogP contribution in [0.15, 0.2) is 398 Å². The lowest BCUT2D eigenvalue weighted by molar-refractivity contribution is 0.632. The minimum absolute atomic E-state index is 0.586. The van der Waals surface area contributed by atoms with E-state index in [9.17, 15) is 0 Å². The van der Waals surface area contributed by atoms with E-state index in [0.717, 1.165) is 189 Å². The summed E-state index contributed by atoms with van der Waals surface area (Å²) in [6.07, 6.45) is 14.5. The third-order valence-corrected chi connectivity index (χ3v) is 22.1. The number of para-hydroxylation sites is 2. The lowest BCUT2D eigenvalue weighted by Crippen LogP contribution is -2.01. The second-order valence-electron chi connectivity index (χ2n) is 29.2. The summed E-state index contributed by atoms with van der Waals surface area (Å²) in [6.45, 7) is 0. The Morgan fingerprint density at radius 1 is 0.235 bits per heavy atom. The monoisotopic (exact) mass is 1520 g/mol. The predicted molar refractivity (Wildman–Crippen MR) is 478 cm³/mol. The van der Waals surface area contributed by atoms with Crippen LogP contribution in [0.4, 0.5) is 0 Å². The van der Waals surface area contributed by atoms with Gasteiger partial charge >= 0.3 is 0 Å². The Kier molecular flexibility index (Phi) is 17.2. The van der Waals surface area contributed by atoms with E-state index >= 15 is 0 Å². The molecule has 12 heterocycles. The van der Waals surface area contributed by atoms with Crippen molar-refractivity contribution in [3.8, 4) is 141 Å². The van der Waals surface area contributed by atoms with Gasteiger partial charge in [-0.25, -0.2) is 34.9 Å². The lowest BCUT2D eigenvalue weighted by Gasteiger charge is -2.12. The van der Waals surface area contributed by atoms with Crippen LogP contribution in [-0.2, 0) is 0 Å². The first-order chi connectivity index (χ1) is 59.0. The van der Waals surface area contributed by atoms with E-state index in [1.54, 1.807) is 24.8 Å². The smallest absolute Gasteiger partial charge is 0.164 e. The Morgan fingerprint density at radius 3 is 1.21 bits per heavy atom. The number of fused-ring (bicyclic) bond motifs is 12. The van der Waals surface area contributed by atoms with Crippen molar-refractivity contribution >= 4 is 87.4 Å². The molecule has 11 aromatic carbocycles. The minimum atomic E-state index is 0.586. The topological polar surface area (TPSA) is 173 Å². The molecule has 0 aliphatic rings. The van der Waals surface area contributed by atoms with Crippen molar-refractivity contribution in [3.05, 3.63) is 389 Å². The average molecular weight is 1530 g/mol. The molecule has 0 spiro atoms. The van der Waals surface area contributed by atoms with E-state index in [4.69, 9.17) is 43.7 Å². The highest BCUT2D eigenvalue weighted by molar-refractivity contribution is 6.21. The first-order valence-corrected chi connectivity index (χ1v) is 39.3. The van der Waals surface area contributed by atoms with Gasteiger partial charge in [0, 0.05) is 165 Å². The van der Waals surface area contributed by atoms with Gasteiger partial charge in [-0.2, -0.15) is 0 Å². The standard InChI is InChI=1S/C60H37N7O.C45H27N5O/c1-3-14-39(15-4-1)55-57-54(53(44-19-12-32-61-36-44)56(68-57)45-20-13-33-62-37-45)49-35-42(30-31-50(49)63-55)38-26-28-41(29-27-38)59-64-58(40-16-5-2-6-17-40)65-60(66-59)43-18-11-21-46(34-43)67-51-24-9-7-22-47(51)48-23-8-10-25-52(48)67;1-3-7-28(8-4-1)36-16-13-31-11-12-32-14-17-37(49-42(32)41(31)48-36)34-15-18-38-35(27-34)40-39(29-19-23-46-24-20-29)44(33-21-25-47-26-22-33)51-45(40)43(50-38)30-9-5-2-6-10-30/h1-37H;1-27H. The molecule has 14 nitrogen and oxygen atoms in total. The molecule has 0 saturated heterocycles. The molecule has 23 aromatic rings. The van der Waals surface area contributed by atoms with Crippen molar-refractivity contribution in [3.63, 3.8) is 0 Å². The predicted octanol–water partition coefficient (Wildman–Crippen LogP) is 25.9. The summed E-state index contributed by atoms with van der Waals surface area (Å²) in [5.74, 6) is 3.26. The molecule has 556 valence electrons. The van der Waals surface area contributed by atoms with Crippen molar-refractivity contribution in [1.29, 1.82) is 0 Å². The van der Waals surface area contributed by atoms with Gasteiger partial charge in [-0.15, -0.1) is 0 Å². The summed E-state index contributed by atoms with van der Waals surface area (Å²) in [5.41, 5.74) is 26.0. The molecule has 0 bridgehead atoms. The van der Waals surface area contributed by atoms with E-state index < -0.39 is 0 Å². The number of benzene rings is 11. The van der Waals surface area contributed by atoms with Gasteiger partial charge < -0.3 is 13.4 Å². The van der Waals surface area contributed by atoms with Crippen LogP contribution >= 0.6 is 0 Å². The van der Waals surface area contributed by atoms with Crippen molar-refractivity contribution < 1.29 is 8.83 Å². The SMILES string of the molecule is c1ccc(-c2ccc3ccc4ccc(-c5ccc6nc(-c7ccccc7)c7oc(-c8ccncc8)c(-c8ccncc8)c7c6c5)nc4c3n2)cc1.c1ccc(-c2nc(-c3ccc(-c4ccc5nc(-c6ccccc6)c6oc(-c7cccnc7)c(-c7cccnc7)c6c5c4)cc3)nc(-c3cccc(-n4c5ccccc5c5ccccc54)c3)n2)cc1. The van der Waals surface area contributed by atoms with Crippen LogP contribution in [0.25, 0.3) is 228 Å². The highest BCUT2D eigenvalue weighted by Crippen LogP contribution is 2.50. The molecule has 0 atom stereocenters. The van der Waals surface area contributed by atoms with Gasteiger partial charge in [0.1, 0.15) is 22.9 Å². The quantitative estimate of drug-likeness (QED) is 0.0999. The third-order valence-electron chi connectivity index (χ3n) is 22.1. The fraction of sp³-hybridized carbons (Fsp3) is 0. The maximum Gasteiger partial charge on any atom is 0.164 e. The average Bonchev–Trinajstić information content (AvgIpc) is 1.60. The maximum atomic E-state index is 6.94. The number of hydrogen-bond acceptors (Lipinski definition) is 13. The molecular weight excluding hydrogens is 1460 g/mol. The summed E-state index contributed by atoms with van der Waals surface area (Å²) in [6, 6.07) is 116. The number of rotatable bonds is 13. The van der Waals surface area contributed by atoms with Gasteiger partial charge in [-0.05, 0) is 120 Å². The fourth-order valence-electron chi connectivity index (χ4n) is 16.5. The van der Waals surface area contributed by atoms with Gasteiger partial charge in [0.25, 0.3) is 0 Å². The highest BCUT2D eigenvalue weighted by Gasteiger charge is 2.28. The number of aromatic nitrogens is 12. The van der Waals surface area contributed by atoms with Crippen molar-refractivity contribution in [2.45, 2.75) is 0 Å². The second kappa shape index (κ2) is 29.5. The summed E-state index contributed by atoms with van der Waals surface area (Å²) in [4.78, 5) is 53.8. The van der Waals surface area contributed by atoms with E-state index in [1.165, 1.54) is 10.8 Å². The normalized spacial score (nSPS) is 11.5. The van der Waals surface area contributed by atoms with Gasteiger partial charge in [-0.3, -0.25) is 19.9 Å². The molecule has 0 N–H and O–H groups in total. The van der Waals surface area contributed by atoms with Crippen LogP contribution in [0.1, 0.15) is 0 Å². The Morgan fingerprint density at radius 2 is 0.655 bits per heavy atom. The van der Waals surface area contributed by atoms with Crippen LogP contribution in [0.3, 0.4) is 0 Å². The minimum Gasteiger partial charge on any atom is -0.453 e. The molecule has 23 rings (SSSR count).